The molecule has 10 nitrogen and oxygen atoms in total. The minimum atomic E-state index is -3.76. The molecule has 41 heavy (non-hydrogen) atoms. The van der Waals surface area contributed by atoms with Crippen molar-refractivity contribution in [1.82, 2.24) is 19.2 Å². The first kappa shape index (κ1) is 29.3. The normalized spacial score (nSPS) is 21.2. The minimum Gasteiger partial charge on any atom is -0.340 e. The van der Waals surface area contributed by atoms with E-state index in [4.69, 9.17) is 0 Å². The van der Waals surface area contributed by atoms with E-state index in [1.54, 1.807) is 25.2 Å². The number of hydrogen-bond donors (Lipinski definition) is 2. The molecule has 2 unspecified atom stereocenters. The van der Waals surface area contributed by atoms with Crippen LogP contribution in [0.2, 0.25) is 0 Å². The number of fused-ring (bicyclic) bond motifs is 2. The van der Waals surface area contributed by atoms with Crippen LogP contribution in [0.25, 0.3) is 0 Å². The first-order chi connectivity index (χ1) is 19.4. The highest BCUT2D eigenvalue weighted by molar-refractivity contribution is 7.90. The Morgan fingerprint density at radius 3 is 2.22 bits per heavy atom. The summed E-state index contributed by atoms with van der Waals surface area (Å²) >= 11 is 0. The molecule has 0 aliphatic carbocycles. The number of halogens is 2. The molecule has 0 spiro atoms. The van der Waals surface area contributed by atoms with Crippen molar-refractivity contribution < 1.29 is 25.6 Å². The molecule has 0 radical (unpaired) electrons. The highest BCUT2D eigenvalue weighted by atomic mass is 32.2. The molecule has 2 aromatic carbocycles. The quantitative estimate of drug-likeness (QED) is 0.354. The van der Waals surface area contributed by atoms with E-state index in [0.29, 0.717) is 36.6 Å². The maximum atomic E-state index is 13.5. The van der Waals surface area contributed by atoms with E-state index in [1.807, 2.05) is 0 Å². The second-order valence-electron chi connectivity index (χ2n) is 10.6. The number of benzene rings is 2. The van der Waals surface area contributed by atoms with Gasteiger partial charge in [0.2, 0.25) is 16.0 Å². The fourth-order valence-corrected chi connectivity index (χ4v) is 7.51. The molecule has 0 amide bonds. The van der Waals surface area contributed by atoms with Crippen molar-refractivity contribution in [3.63, 3.8) is 0 Å². The van der Waals surface area contributed by atoms with Gasteiger partial charge in [-0.2, -0.15) is 9.29 Å². The smallest absolute Gasteiger partial charge is 0.243 e. The molecular weight excluding hydrogens is 574 g/mol. The third kappa shape index (κ3) is 6.83. The molecule has 0 saturated carbocycles. The number of sulfone groups is 1. The van der Waals surface area contributed by atoms with Gasteiger partial charge < -0.3 is 10.6 Å². The summed E-state index contributed by atoms with van der Waals surface area (Å²) in [4.78, 5) is 10.9. The zero-order valence-electron chi connectivity index (χ0n) is 22.7. The van der Waals surface area contributed by atoms with Gasteiger partial charge in [0.05, 0.1) is 10.6 Å². The van der Waals surface area contributed by atoms with Gasteiger partial charge in [-0.15, -0.1) is 0 Å². The zero-order chi connectivity index (χ0) is 29.4. The fourth-order valence-electron chi connectivity index (χ4n) is 5.59. The van der Waals surface area contributed by atoms with E-state index >= 15 is 0 Å². The number of anilines is 4. The van der Waals surface area contributed by atoms with Gasteiger partial charge in [-0.1, -0.05) is 0 Å². The Kier molecular flexibility index (Phi) is 8.28. The van der Waals surface area contributed by atoms with Gasteiger partial charge >= 0.3 is 0 Å². The summed E-state index contributed by atoms with van der Waals surface area (Å²) in [6.07, 6.45) is 5.95. The largest absolute Gasteiger partial charge is 0.340 e. The van der Waals surface area contributed by atoms with Crippen molar-refractivity contribution in [3.8, 4) is 0 Å². The van der Waals surface area contributed by atoms with Gasteiger partial charge in [0.1, 0.15) is 15.7 Å². The molecular formula is C27H32F2N6O4S2. The van der Waals surface area contributed by atoms with Gasteiger partial charge in [-0.3, -0.25) is 4.90 Å². The summed E-state index contributed by atoms with van der Waals surface area (Å²) < 4.78 is 78.4. The number of aromatic nitrogens is 2. The molecule has 2 saturated heterocycles. The molecule has 3 aromatic rings. The minimum absolute atomic E-state index is 0.110. The van der Waals surface area contributed by atoms with E-state index in [0.717, 1.165) is 25.0 Å². The van der Waals surface area contributed by atoms with Crippen molar-refractivity contribution in [2.45, 2.75) is 48.7 Å². The van der Waals surface area contributed by atoms with Crippen LogP contribution in [0.4, 0.5) is 31.9 Å². The van der Waals surface area contributed by atoms with Crippen molar-refractivity contribution >= 4 is 43.0 Å². The van der Waals surface area contributed by atoms with E-state index in [9.17, 15) is 25.6 Å². The van der Waals surface area contributed by atoms with Crippen molar-refractivity contribution in [2.75, 3.05) is 36.2 Å². The molecule has 2 aliphatic heterocycles. The fraction of sp³-hybridized carbons (Fsp3) is 0.407. The second-order valence-corrected chi connectivity index (χ2v) is 14.8. The van der Waals surface area contributed by atoms with Crippen LogP contribution in [0, 0.1) is 11.6 Å². The maximum Gasteiger partial charge on any atom is 0.243 e. The average molecular weight is 607 g/mol. The number of sulfonamides is 1. The lowest BCUT2D eigenvalue weighted by molar-refractivity contribution is 0.104. The number of nitrogens with one attached hydrogen (secondary N) is 2. The maximum absolute atomic E-state index is 13.5. The third-order valence-corrected chi connectivity index (χ3v) is 10.6. The van der Waals surface area contributed by atoms with Gasteiger partial charge in [0.15, 0.2) is 11.6 Å². The predicted octanol–water partition coefficient (Wildman–Crippen LogP) is 3.90. The number of nitrogens with zero attached hydrogens (tertiary/aromatic N) is 4. The molecule has 2 atom stereocenters. The van der Waals surface area contributed by atoms with Crippen molar-refractivity contribution in [2.24, 2.45) is 0 Å². The van der Waals surface area contributed by atoms with E-state index in [1.165, 1.54) is 35.0 Å². The van der Waals surface area contributed by atoms with Crippen LogP contribution in [0.15, 0.2) is 59.6 Å². The SMILES string of the molecule is CN(C1CC2CCC(C1)N2CCS(C)(=O)=O)S(=O)(=O)c1ccc(Nc2nccc(Nc3ccc(F)c(F)c3)n2)cc1. The summed E-state index contributed by atoms with van der Waals surface area (Å²) in [6.45, 7) is 0.485. The van der Waals surface area contributed by atoms with Crippen molar-refractivity contribution in [3.05, 3.63) is 66.4 Å². The number of piperidine rings is 1. The van der Waals surface area contributed by atoms with Crippen LogP contribution in [0.3, 0.4) is 0 Å². The Hall–Kier alpha value is -3.20. The lowest BCUT2D eigenvalue weighted by Gasteiger charge is -2.41. The van der Waals surface area contributed by atoms with Gasteiger partial charge in [-0.05, 0) is 68.1 Å². The Morgan fingerprint density at radius 1 is 0.927 bits per heavy atom. The molecule has 3 heterocycles. The van der Waals surface area contributed by atoms with E-state index < -0.39 is 31.5 Å². The Morgan fingerprint density at radius 2 is 1.59 bits per heavy atom. The molecule has 14 heteroatoms. The molecule has 220 valence electrons. The van der Waals surface area contributed by atoms with Crippen molar-refractivity contribution in [1.29, 1.82) is 0 Å². The topological polar surface area (TPSA) is 125 Å². The number of hydrogen-bond acceptors (Lipinski definition) is 9. The van der Waals surface area contributed by atoms with Crippen LogP contribution < -0.4 is 10.6 Å². The zero-order valence-corrected chi connectivity index (χ0v) is 24.3. The summed E-state index contributed by atoms with van der Waals surface area (Å²) in [5.41, 5.74) is 0.883. The van der Waals surface area contributed by atoms with Gasteiger partial charge in [0, 0.05) is 61.6 Å². The van der Waals surface area contributed by atoms with Crippen LogP contribution in [-0.2, 0) is 19.9 Å². The highest BCUT2D eigenvalue weighted by Crippen LogP contribution is 2.38. The number of rotatable bonds is 10. The molecule has 2 N–H and O–H groups in total. The first-order valence-corrected chi connectivity index (χ1v) is 16.7. The molecule has 1 aromatic heterocycles. The Labute approximate surface area is 238 Å². The average Bonchev–Trinajstić information content (AvgIpc) is 3.16. The summed E-state index contributed by atoms with van der Waals surface area (Å²) in [6, 6.07) is 11.5. The third-order valence-electron chi connectivity index (χ3n) is 7.73. The molecule has 2 fully saturated rings. The molecule has 2 bridgehead atoms. The van der Waals surface area contributed by atoms with Gasteiger partial charge in [0.25, 0.3) is 0 Å². The summed E-state index contributed by atoms with van der Waals surface area (Å²) in [5, 5.41) is 5.90. The van der Waals surface area contributed by atoms with Crippen LogP contribution in [0.1, 0.15) is 25.7 Å². The molecule has 5 rings (SSSR count). The van der Waals surface area contributed by atoms with E-state index in [-0.39, 0.29) is 34.7 Å². The summed E-state index contributed by atoms with van der Waals surface area (Å²) in [5.74, 6) is -1.24. The lowest BCUT2D eigenvalue weighted by Crippen LogP contribution is -2.51. The van der Waals surface area contributed by atoms with Crippen LogP contribution >= 0.6 is 0 Å². The Bertz CT molecular complexity index is 1610. The standard InChI is InChI=1S/C27H32F2N6O4S2/c1-34(22-16-20-6-7-21(17-22)35(20)13-14-40(2,36)37)41(38,39)23-8-3-18(4-9-23)32-27-30-12-11-26(33-27)31-19-5-10-24(28)25(29)15-19/h3-5,8-12,15,20-22H,6-7,13-14,16-17H2,1-2H3,(H2,30,31,32,33). The Balaban J connectivity index is 1.22. The monoisotopic (exact) mass is 606 g/mol. The van der Waals surface area contributed by atoms with Crippen LogP contribution in [-0.4, -0.2) is 79.7 Å². The molecule has 2 aliphatic rings. The van der Waals surface area contributed by atoms with Gasteiger partial charge in [-0.25, -0.2) is 30.6 Å². The van der Waals surface area contributed by atoms with Crippen LogP contribution in [0.5, 0.6) is 0 Å². The highest BCUT2D eigenvalue weighted by Gasteiger charge is 2.44. The first-order valence-electron chi connectivity index (χ1n) is 13.2. The lowest BCUT2D eigenvalue weighted by atomic mass is 9.97. The van der Waals surface area contributed by atoms with E-state index in [2.05, 4.69) is 25.5 Å². The second kappa shape index (κ2) is 11.6. The predicted molar refractivity (Wildman–Crippen MR) is 153 cm³/mol. The summed E-state index contributed by atoms with van der Waals surface area (Å²) in [7, 11) is -5.21.